The largest absolute Gasteiger partial charge is 0.378 e. The van der Waals surface area contributed by atoms with Gasteiger partial charge in [-0.15, -0.1) is 0 Å². The van der Waals surface area contributed by atoms with Crippen LogP contribution in [0.3, 0.4) is 0 Å². The van der Waals surface area contributed by atoms with E-state index in [-0.39, 0.29) is 0 Å². The summed E-state index contributed by atoms with van der Waals surface area (Å²) in [6, 6.07) is 0. The molecule has 1 saturated carbocycles. The van der Waals surface area contributed by atoms with Crippen molar-refractivity contribution in [3.8, 4) is 0 Å². The van der Waals surface area contributed by atoms with Crippen LogP contribution in [0.15, 0.2) is 0 Å². The van der Waals surface area contributed by atoms with Crippen LogP contribution in [0.1, 0.15) is 60.8 Å². The smallest absolute Gasteiger partial charge is 0.131 e. The first-order valence-electron chi connectivity index (χ1n) is 8.11. The maximum absolute atomic E-state index is 5.85. The van der Waals surface area contributed by atoms with E-state index in [0.29, 0.717) is 12.0 Å². The summed E-state index contributed by atoms with van der Waals surface area (Å²) in [6.07, 6.45) is 8.58. The molecule has 2 fully saturated rings. The average Bonchev–Trinajstić information content (AvgIpc) is 3.32. The van der Waals surface area contributed by atoms with E-state index in [1.165, 1.54) is 49.1 Å². The lowest BCUT2D eigenvalue weighted by Crippen LogP contribution is -2.28. The zero-order valence-electron chi connectivity index (χ0n) is 12.0. The van der Waals surface area contributed by atoms with E-state index in [0.717, 1.165) is 38.4 Å². The van der Waals surface area contributed by atoms with Crippen LogP contribution in [-0.2, 0) is 24.1 Å². The van der Waals surface area contributed by atoms with Crippen LogP contribution in [0.25, 0.3) is 0 Å². The Balaban J connectivity index is 1.60. The maximum Gasteiger partial charge on any atom is 0.131 e. The third-order valence-electron chi connectivity index (χ3n) is 4.66. The number of hydrogen-bond acceptors (Lipinski definition) is 4. The Morgan fingerprint density at radius 2 is 2.10 bits per heavy atom. The van der Waals surface area contributed by atoms with Crippen LogP contribution < -0.4 is 5.32 Å². The number of fused-ring (bicyclic) bond motifs is 1. The Kier molecular flexibility index (Phi) is 3.44. The molecular weight excluding hydrogens is 250 g/mol. The summed E-state index contributed by atoms with van der Waals surface area (Å²) in [4.78, 5) is 9.76. The van der Waals surface area contributed by atoms with Gasteiger partial charge in [-0.25, -0.2) is 9.97 Å². The summed E-state index contributed by atoms with van der Waals surface area (Å²) in [5, 5.41) is 3.46. The van der Waals surface area contributed by atoms with Crippen LogP contribution in [0.5, 0.6) is 0 Å². The second-order valence-corrected chi connectivity index (χ2v) is 6.34. The summed E-state index contributed by atoms with van der Waals surface area (Å²) < 4.78 is 5.85. The predicted octanol–water partition coefficient (Wildman–Crippen LogP) is 2.11. The molecule has 0 radical (unpaired) electrons. The topological polar surface area (TPSA) is 47.0 Å². The van der Waals surface area contributed by atoms with Gasteiger partial charge in [-0.1, -0.05) is 0 Å². The molecule has 0 amide bonds. The Morgan fingerprint density at radius 1 is 1.15 bits per heavy atom. The van der Waals surface area contributed by atoms with Gasteiger partial charge < -0.3 is 10.1 Å². The lowest BCUT2D eigenvalue weighted by Gasteiger charge is -2.24. The Labute approximate surface area is 120 Å². The molecule has 3 aliphatic rings. The molecule has 0 aromatic carbocycles. The van der Waals surface area contributed by atoms with Gasteiger partial charge in [0.15, 0.2) is 0 Å². The monoisotopic (exact) mass is 273 g/mol. The number of hydrogen-bond donors (Lipinski definition) is 1. The van der Waals surface area contributed by atoms with Gasteiger partial charge in [-0.2, -0.15) is 0 Å². The van der Waals surface area contributed by atoms with Gasteiger partial charge >= 0.3 is 0 Å². The second kappa shape index (κ2) is 5.41. The third-order valence-corrected chi connectivity index (χ3v) is 4.66. The molecule has 1 saturated heterocycles. The minimum atomic E-state index is 0.343. The molecule has 1 N–H and O–H groups in total. The van der Waals surface area contributed by atoms with E-state index in [1.54, 1.807) is 0 Å². The lowest BCUT2D eigenvalue weighted by atomic mass is 10.0. The zero-order valence-corrected chi connectivity index (χ0v) is 12.0. The average molecular weight is 273 g/mol. The van der Waals surface area contributed by atoms with E-state index in [1.807, 2.05) is 0 Å². The highest BCUT2D eigenvalue weighted by molar-refractivity contribution is 5.33. The first kappa shape index (κ1) is 12.7. The Hall–Kier alpha value is -1.00. The van der Waals surface area contributed by atoms with Gasteiger partial charge in [-0.3, -0.25) is 0 Å². The summed E-state index contributed by atoms with van der Waals surface area (Å²) in [5.74, 6) is 1.73. The molecule has 1 aromatic rings. The highest BCUT2D eigenvalue weighted by Gasteiger charge is 2.31. The normalized spacial score (nSPS) is 26.3. The van der Waals surface area contributed by atoms with E-state index in [9.17, 15) is 0 Å². The molecule has 0 spiro atoms. The molecule has 2 aliphatic heterocycles. The molecular formula is C16H23N3O. The summed E-state index contributed by atoms with van der Waals surface area (Å²) >= 11 is 0. The van der Waals surface area contributed by atoms with Crippen molar-refractivity contribution in [2.45, 2.75) is 63.5 Å². The van der Waals surface area contributed by atoms with Gasteiger partial charge in [0.1, 0.15) is 5.82 Å². The Bertz CT molecular complexity index is 493. The SMILES string of the molecule is C1CCC(Cc2nc3c(c(C4CC4)n2)CNCC3)OC1. The van der Waals surface area contributed by atoms with Gasteiger partial charge in [0.25, 0.3) is 0 Å². The van der Waals surface area contributed by atoms with Crippen molar-refractivity contribution in [3.63, 3.8) is 0 Å². The van der Waals surface area contributed by atoms with Crippen molar-refractivity contribution >= 4 is 0 Å². The number of rotatable bonds is 3. The molecule has 3 heterocycles. The molecule has 4 nitrogen and oxygen atoms in total. The number of nitrogens with one attached hydrogen (secondary N) is 1. The first-order chi connectivity index (χ1) is 9.90. The summed E-state index contributed by atoms with van der Waals surface area (Å²) in [7, 11) is 0. The number of nitrogens with zero attached hydrogens (tertiary/aromatic N) is 2. The number of ether oxygens (including phenoxy) is 1. The second-order valence-electron chi connectivity index (χ2n) is 6.34. The van der Waals surface area contributed by atoms with Crippen LogP contribution >= 0.6 is 0 Å². The maximum atomic E-state index is 5.85. The third kappa shape index (κ3) is 2.59. The predicted molar refractivity (Wildman–Crippen MR) is 76.7 cm³/mol. The molecule has 4 heteroatoms. The lowest BCUT2D eigenvalue weighted by molar-refractivity contribution is 0.0155. The molecule has 1 aliphatic carbocycles. The van der Waals surface area contributed by atoms with Crippen molar-refractivity contribution in [1.29, 1.82) is 0 Å². The van der Waals surface area contributed by atoms with E-state index in [2.05, 4.69) is 5.32 Å². The fraction of sp³-hybridized carbons (Fsp3) is 0.750. The first-order valence-corrected chi connectivity index (χ1v) is 8.11. The van der Waals surface area contributed by atoms with Crippen LogP contribution in [0.2, 0.25) is 0 Å². The van der Waals surface area contributed by atoms with E-state index < -0.39 is 0 Å². The van der Waals surface area contributed by atoms with Gasteiger partial charge in [0.2, 0.25) is 0 Å². The molecule has 1 atom stereocenters. The Morgan fingerprint density at radius 3 is 2.90 bits per heavy atom. The van der Waals surface area contributed by atoms with Crippen molar-refractivity contribution in [3.05, 3.63) is 22.8 Å². The van der Waals surface area contributed by atoms with Crippen molar-refractivity contribution in [2.75, 3.05) is 13.2 Å². The van der Waals surface area contributed by atoms with Gasteiger partial charge in [0, 0.05) is 44.0 Å². The summed E-state index contributed by atoms with van der Waals surface area (Å²) in [5.41, 5.74) is 4.03. The minimum Gasteiger partial charge on any atom is -0.378 e. The van der Waals surface area contributed by atoms with Crippen LogP contribution in [0, 0.1) is 0 Å². The fourth-order valence-corrected chi connectivity index (χ4v) is 3.38. The molecule has 1 aromatic heterocycles. The standard InChI is InChI=1S/C16H23N3O/c1-2-8-20-12(3-1)9-15-18-14-6-7-17-10-13(14)16(19-15)11-4-5-11/h11-12,17H,1-10H2. The fourth-order valence-electron chi connectivity index (χ4n) is 3.38. The van der Waals surface area contributed by atoms with E-state index >= 15 is 0 Å². The van der Waals surface area contributed by atoms with Crippen molar-refractivity contribution in [1.82, 2.24) is 15.3 Å². The highest BCUT2D eigenvalue weighted by Crippen LogP contribution is 2.41. The van der Waals surface area contributed by atoms with Gasteiger partial charge in [-0.05, 0) is 32.1 Å². The van der Waals surface area contributed by atoms with Crippen molar-refractivity contribution in [2.24, 2.45) is 0 Å². The molecule has 0 bridgehead atoms. The van der Waals surface area contributed by atoms with E-state index in [4.69, 9.17) is 14.7 Å². The quantitative estimate of drug-likeness (QED) is 0.916. The molecule has 4 rings (SSSR count). The highest BCUT2D eigenvalue weighted by atomic mass is 16.5. The van der Waals surface area contributed by atoms with Crippen LogP contribution in [0.4, 0.5) is 0 Å². The zero-order chi connectivity index (χ0) is 13.4. The van der Waals surface area contributed by atoms with Crippen molar-refractivity contribution < 1.29 is 4.74 Å². The minimum absolute atomic E-state index is 0.343. The van der Waals surface area contributed by atoms with Crippen LogP contribution in [-0.4, -0.2) is 29.2 Å². The molecule has 108 valence electrons. The molecule has 1 unspecified atom stereocenters. The number of aromatic nitrogens is 2. The molecule has 20 heavy (non-hydrogen) atoms. The van der Waals surface area contributed by atoms with Gasteiger partial charge in [0.05, 0.1) is 17.5 Å². The summed E-state index contributed by atoms with van der Waals surface area (Å²) in [6.45, 7) is 2.92.